The van der Waals surface area contributed by atoms with Crippen LogP contribution in [0, 0.1) is 0 Å². The van der Waals surface area contributed by atoms with E-state index in [1.165, 1.54) is 56.3 Å². The fraction of sp³-hybridized carbons (Fsp3) is 1.00. The first-order valence-corrected chi connectivity index (χ1v) is 6.05. The Labute approximate surface area is 89.7 Å². The fourth-order valence-corrected chi connectivity index (χ4v) is 2.40. The van der Waals surface area contributed by atoms with E-state index in [-0.39, 0.29) is 0 Å². The second-order valence-corrected chi connectivity index (χ2v) is 6.22. The van der Waals surface area contributed by atoms with Crippen LogP contribution in [0.25, 0.3) is 0 Å². The van der Waals surface area contributed by atoms with Gasteiger partial charge in [-0.1, -0.05) is 0 Å². The second kappa shape index (κ2) is 4.63. The molecule has 2 nitrogen and oxygen atoms in total. The maximum Gasteiger partial charge on any atom is 0.0786 e. The van der Waals surface area contributed by atoms with Crippen LogP contribution >= 0.6 is 0 Å². The lowest BCUT2D eigenvalue weighted by Crippen LogP contribution is -2.42. The van der Waals surface area contributed by atoms with Crippen LogP contribution in [-0.2, 0) is 0 Å². The molecule has 0 aliphatic carbocycles. The molecule has 2 heteroatoms. The summed E-state index contributed by atoms with van der Waals surface area (Å²) in [5.74, 6) is 0. The van der Waals surface area contributed by atoms with Gasteiger partial charge in [0.25, 0.3) is 0 Å². The summed E-state index contributed by atoms with van der Waals surface area (Å²) in [6.45, 7) is 5.56. The molecule has 1 rings (SSSR count). The van der Waals surface area contributed by atoms with Crippen LogP contribution in [0.15, 0.2) is 0 Å². The standard InChI is InChI=1S/C12H28N2/c1-13(2,3)9-5-6-10-14(4)11-7-8-12-14/h5-12H2,1-4H3/q+2. The smallest absolute Gasteiger partial charge is 0.0786 e. The number of rotatable bonds is 5. The van der Waals surface area contributed by atoms with E-state index in [4.69, 9.17) is 0 Å². The van der Waals surface area contributed by atoms with Crippen molar-refractivity contribution in [3.63, 3.8) is 0 Å². The summed E-state index contributed by atoms with van der Waals surface area (Å²) in [4.78, 5) is 0. The van der Waals surface area contributed by atoms with Crippen molar-refractivity contribution in [3.05, 3.63) is 0 Å². The SMILES string of the molecule is C[N+](C)(C)CCCC[N+]1(C)CCCC1. The van der Waals surface area contributed by atoms with E-state index in [0.717, 1.165) is 4.48 Å². The molecule has 0 bridgehead atoms. The average Bonchev–Trinajstić information content (AvgIpc) is 2.45. The van der Waals surface area contributed by atoms with E-state index in [1.807, 2.05) is 0 Å². The molecule has 0 unspecified atom stereocenters. The van der Waals surface area contributed by atoms with Crippen LogP contribution in [-0.4, -0.2) is 63.3 Å². The number of unbranched alkanes of at least 4 members (excludes halogenated alkanes) is 1. The van der Waals surface area contributed by atoms with Gasteiger partial charge in [-0.2, -0.15) is 0 Å². The normalized spacial score (nSPS) is 21.4. The Kier molecular flexibility index (Phi) is 3.96. The highest BCUT2D eigenvalue weighted by Crippen LogP contribution is 2.17. The van der Waals surface area contributed by atoms with Gasteiger partial charge < -0.3 is 8.97 Å². The van der Waals surface area contributed by atoms with Gasteiger partial charge >= 0.3 is 0 Å². The van der Waals surface area contributed by atoms with E-state index in [9.17, 15) is 0 Å². The Hall–Kier alpha value is -0.0800. The molecule has 0 aromatic carbocycles. The monoisotopic (exact) mass is 200 g/mol. The van der Waals surface area contributed by atoms with Gasteiger partial charge in [-0.15, -0.1) is 0 Å². The summed E-state index contributed by atoms with van der Waals surface area (Å²) in [6.07, 6.45) is 5.70. The van der Waals surface area contributed by atoms with E-state index in [1.54, 1.807) is 0 Å². The van der Waals surface area contributed by atoms with Crippen molar-refractivity contribution in [3.8, 4) is 0 Å². The Balaban J connectivity index is 2.09. The van der Waals surface area contributed by atoms with Crippen molar-refractivity contribution in [2.75, 3.05) is 54.4 Å². The van der Waals surface area contributed by atoms with Gasteiger partial charge in [-0.25, -0.2) is 0 Å². The number of nitrogens with zero attached hydrogens (tertiary/aromatic N) is 2. The lowest BCUT2D eigenvalue weighted by Gasteiger charge is -2.30. The van der Waals surface area contributed by atoms with Crippen LogP contribution in [0.4, 0.5) is 0 Å². The van der Waals surface area contributed by atoms with Gasteiger partial charge in [0.05, 0.1) is 54.4 Å². The fourth-order valence-electron chi connectivity index (χ4n) is 2.40. The highest BCUT2D eigenvalue weighted by molar-refractivity contribution is 4.52. The summed E-state index contributed by atoms with van der Waals surface area (Å²) in [6, 6.07) is 0. The number of quaternary nitrogens is 2. The first-order valence-electron chi connectivity index (χ1n) is 6.05. The van der Waals surface area contributed by atoms with Gasteiger partial charge in [0.2, 0.25) is 0 Å². The van der Waals surface area contributed by atoms with Crippen molar-refractivity contribution in [2.24, 2.45) is 0 Å². The lowest BCUT2D eigenvalue weighted by molar-refractivity contribution is -0.899. The highest BCUT2D eigenvalue weighted by Gasteiger charge is 2.25. The van der Waals surface area contributed by atoms with Crippen molar-refractivity contribution in [1.29, 1.82) is 0 Å². The maximum atomic E-state index is 2.43. The minimum atomic E-state index is 1.11. The minimum absolute atomic E-state index is 1.11. The van der Waals surface area contributed by atoms with Gasteiger partial charge in [0.15, 0.2) is 0 Å². The highest BCUT2D eigenvalue weighted by atomic mass is 15.3. The second-order valence-electron chi connectivity index (χ2n) is 6.22. The topological polar surface area (TPSA) is 0 Å². The molecule has 1 heterocycles. The molecule has 0 N–H and O–H groups in total. The van der Waals surface area contributed by atoms with E-state index in [0.29, 0.717) is 0 Å². The molecule has 1 aliphatic heterocycles. The van der Waals surface area contributed by atoms with Crippen molar-refractivity contribution in [1.82, 2.24) is 0 Å². The first-order chi connectivity index (χ1) is 6.41. The van der Waals surface area contributed by atoms with Crippen LogP contribution in [0.5, 0.6) is 0 Å². The summed E-state index contributed by atoms with van der Waals surface area (Å²) < 4.78 is 2.46. The summed E-state index contributed by atoms with van der Waals surface area (Å²) in [7, 11) is 9.28. The molecule has 0 spiro atoms. The molecule has 1 fully saturated rings. The molecule has 0 amide bonds. The summed E-state index contributed by atoms with van der Waals surface area (Å²) >= 11 is 0. The van der Waals surface area contributed by atoms with Gasteiger partial charge in [-0.3, -0.25) is 0 Å². The molecule has 0 aromatic rings. The Bertz CT molecular complexity index is 164. The minimum Gasteiger partial charge on any atom is -0.331 e. The first kappa shape index (κ1) is 12.0. The third kappa shape index (κ3) is 4.43. The van der Waals surface area contributed by atoms with Gasteiger partial charge in [-0.05, 0) is 0 Å². The quantitative estimate of drug-likeness (QED) is 0.468. The zero-order valence-corrected chi connectivity index (χ0v) is 10.6. The molecule has 0 radical (unpaired) electrons. The molecular formula is C12H28N2+2. The largest absolute Gasteiger partial charge is 0.331 e. The zero-order chi connectivity index (χ0) is 10.7. The Morgan fingerprint density at radius 3 is 2.07 bits per heavy atom. The Morgan fingerprint density at radius 2 is 1.57 bits per heavy atom. The van der Waals surface area contributed by atoms with Crippen LogP contribution < -0.4 is 0 Å². The number of hydrogen-bond acceptors (Lipinski definition) is 0. The van der Waals surface area contributed by atoms with Crippen LogP contribution in [0.1, 0.15) is 25.7 Å². The molecule has 1 saturated heterocycles. The molecule has 84 valence electrons. The predicted octanol–water partition coefficient (Wildman–Crippen LogP) is 1.71. The molecular weight excluding hydrogens is 172 g/mol. The van der Waals surface area contributed by atoms with Crippen molar-refractivity contribution in [2.45, 2.75) is 25.7 Å². The summed E-state index contributed by atoms with van der Waals surface area (Å²) in [5.41, 5.74) is 0. The van der Waals surface area contributed by atoms with Crippen molar-refractivity contribution < 1.29 is 8.97 Å². The maximum absolute atomic E-state index is 2.43. The van der Waals surface area contributed by atoms with Gasteiger partial charge in [0.1, 0.15) is 0 Å². The summed E-state index contributed by atoms with van der Waals surface area (Å²) in [5, 5.41) is 0. The number of likely N-dealkylation sites (tertiary alicyclic amines) is 1. The number of hydrogen-bond donors (Lipinski definition) is 0. The van der Waals surface area contributed by atoms with Gasteiger partial charge in [0, 0.05) is 25.7 Å². The van der Waals surface area contributed by atoms with E-state index >= 15 is 0 Å². The third-order valence-corrected chi connectivity index (χ3v) is 3.42. The molecule has 0 saturated carbocycles. The predicted molar refractivity (Wildman–Crippen MR) is 62.2 cm³/mol. The molecule has 1 aliphatic rings. The molecule has 14 heavy (non-hydrogen) atoms. The zero-order valence-electron chi connectivity index (χ0n) is 10.6. The average molecular weight is 200 g/mol. The van der Waals surface area contributed by atoms with Crippen molar-refractivity contribution >= 4 is 0 Å². The lowest BCUT2D eigenvalue weighted by atomic mass is 10.2. The van der Waals surface area contributed by atoms with E-state index < -0.39 is 0 Å². The molecule has 0 atom stereocenters. The van der Waals surface area contributed by atoms with Crippen LogP contribution in [0.3, 0.4) is 0 Å². The van der Waals surface area contributed by atoms with E-state index in [2.05, 4.69) is 28.2 Å². The van der Waals surface area contributed by atoms with Crippen LogP contribution in [0.2, 0.25) is 0 Å². The Morgan fingerprint density at radius 1 is 1.00 bits per heavy atom. The third-order valence-electron chi connectivity index (χ3n) is 3.42. The molecule has 0 aromatic heterocycles.